The van der Waals surface area contributed by atoms with Crippen molar-refractivity contribution < 1.29 is 9.47 Å². The highest BCUT2D eigenvalue weighted by molar-refractivity contribution is 5.87. The molecule has 0 heterocycles. The smallest absolute Gasteiger partial charge is 0.119 e. The first-order chi connectivity index (χ1) is 8.80. The average Bonchev–Trinajstić information content (AvgIpc) is 2.43. The first-order valence-corrected chi connectivity index (χ1v) is 6.05. The Morgan fingerprint density at radius 2 is 2.00 bits per heavy atom. The van der Waals surface area contributed by atoms with E-state index in [4.69, 9.17) is 15.2 Å². The fourth-order valence-corrected chi connectivity index (χ4v) is 2.24. The minimum atomic E-state index is 0.214. The van der Waals surface area contributed by atoms with Gasteiger partial charge in [-0.05, 0) is 28.5 Å². The van der Waals surface area contributed by atoms with Gasteiger partial charge in [0.1, 0.15) is 5.75 Å². The molecule has 0 aliphatic carbocycles. The summed E-state index contributed by atoms with van der Waals surface area (Å²) in [5, 5.41) is 2.38. The second-order valence-electron chi connectivity index (χ2n) is 4.32. The second-order valence-corrected chi connectivity index (χ2v) is 4.32. The van der Waals surface area contributed by atoms with E-state index >= 15 is 0 Å². The van der Waals surface area contributed by atoms with Crippen molar-refractivity contribution >= 4 is 10.8 Å². The maximum atomic E-state index is 5.84. The zero-order valence-corrected chi connectivity index (χ0v) is 10.8. The number of hydrogen-bond donors (Lipinski definition) is 1. The van der Waals surface area contributed by atoms with E-state index in [1.54, 1.807) is 14.2 Å². The van der Waals surface area contributed by atoms with Crippen LogP contribution >= 0.6 is 0 Å². The SMILES string of the molecule is COCC(CN)c1cccc2ccc(OC)cc12. The molecule has 96 valence electrons. The minimum Gasteiger partial charge on any atom is -0.497 e. The third-order valence-corrected chi connectivity index (χ3v) is 3.22. The van der Waals surface area contributed by atoms with Crippen molar-refractivity contribution in [3.8, 4) is 5.75 Å². The molecule has 2 aromatic rings. The zero-order chi connectivity index (χ0) is 13.0. The van der Waals surface area contributed by atoms with E-state index in [1.165, 1.54) is 16.3 Å². The Hall–Kier alpha value is -1.58. The summed E-state index contributed by atoms with van der Waals surface area (Å²) in [5.41, 5.74) is 7.06. The van der Waals surface area contributed by atoms with Crippen molar-refractivity contribution in [1.82, 2.24) is 0 Å². The molecule has 0 aliphatic heterocycles. The Labute approximate surface area is 108 Å². The van der Waals surface area contributed by atoms with Crippen molar-refractivity contribution in [3.63, 3.8) is 0 Å². The van der Waals surface area contributed by atoms with Crippen LogP contribution in [-0.2, 0) is 4.74 Å². The normalized spacial score (nSPS) is 12.6. The summed E-state index contributed by atoms with van der Waals surface area (Å²) in [6.07, 6.45) is 0. The standard InChI is InChI=1S/C15H19NO2/c1-17-10-12(9-16)14-5-3-4-11-6-7-13(18-2)8-15(11)14/h3-8,12H,9-10,16H2,1-2H3. The van der Waals surface area contributed by atoms with Crippen molar-refractivity contribution in [3.05, 3.63) is 42.0 Å². The lowest BCUT2D eigenvalue weighted by Gasteiger charge is -2.17. The van der Waals surface area contributed by atoms with Gasteiger partial charge in [-0.25, -0.2) is 0 Å². The van der Waals surface area contributed by atoms with Crippen molar-refractivity contribution in [2.45, 2.75) is 5.92 Å². The highest BCUT2D eigenvalue weighted by Crippen LogP contribution is 2.28. The van der Waals surface area contributed by atoms with Crippen molar-refractivity contribution in [2.24, 2.45) is 5.73 Å². The molecule has 2 rings (SSSR count). The molecule has 18 heavy (non-hydrogen) atoms. The molecule has 0 aliphatic rings. The van der Waals surface area contributed by atoms with Gasteiger partial charge in [0.2, 0.25) is 0 Å². The maximum absolute atomic E-state index is 5.84. The molecular formula is C15H19NO2. The topological polar surface area (TPSA) is 44.5 Å². The van der Waals surface area contributed by atoms with Gasteiger partial charge in [0.05, 0.1) is 13.7 Å². The lowest BCUT2D eigenvalue weighted by molar-refractivity contribution is 0.181. The van der Waals surface area contributed by atoms with Crippen LogP contribution in [0, 0.1) is 0 Å². The number of fused-ring (bicyclic) bond motifs is 1. The summed E-state index contributed by atoms with van der Waals surface area (Å²) in [6.45, 7) is 1.21. The van der Waals surface area contributed by atoms with Gasteiger partial charge in [0.15, 0.2) is 0 Å². The van der Waals surface area contributed by atoms with Crippen LogP contribution in [0.5, 0.6) is 5.75 Å². The molecule has 2 N–H and O–H groups in total. The van der Waals surface area contributed by atoms with E-state index in [0.29, 0.717) is 13.2 Å². The van der Waals surface area contributed by atoms with Crippen LogP contribution in [0.15, 0.2) is 36.4 Å². The highest BCUT2D eigenvalue weighted by atomic mass is 16.5. The molecule has 0 aromatic heterocycles. The molecule has 0 saturated carbocycles. The Bertz CT molecular complexity index is 525. The molecule has 3 heteroatoms. The summed E-state index contributed by atoms with van der Waals surface area (Å²) in [7, 11) is 3.38. The number of nitrogens with two attached hydrogens (primary N) is 1. The van der Waals surface area contributed by atoms with E-state index in [-0.39, 0.29) is 5.92 Å². The van der Waals surface area contributed by atoms with Crippen LogP contribution in [0.3, 0.4) is 0 Å². The van der Waals surface area contributed by atoms with Crippen LogP contribution in [-0.4, -0.2) is 27.4 Å². The number of benzene rings is 2. The first-order valence-electron chi connectivity index (χ1n) is 6.05. The summed E-state index contributed by atoms with van der Waals surface area (Å²) < 4.78 is 10.5. The van der Waals surface area contributed by atoms with Gasteiger partial charge >= 0.3 is 0 Å². The monoisotopic (exact) mass is 245 g/mol. The first kappa shape index (κ1) is 12.9. The molecule has 1 atom stereocenters. The van der Waals surface area contributed by atoms with Crippen LogP contribution in [0.25, 0.3) is 10.8 Å². The van der Waals surface area contributed by atoms with E-state index in [1.807, 2.05) is 6.07 Å². The molecule has 0 spiro atoms. The van der Waals surface area contributed by atoms with E-state index in [0.717, 1.165) is 5.75 Å². The van der Waals surface area contributed by atoms with Gasteiger partial charge in [-0.2, -0.15) is 0 Å². The molecule has 3 nitrogen and oxygen atoms in total. The predicted molar refractivity (Wildman–Crippen MR) is 74.2 cm³/mol. The minimum absolute atomic E-state index is 0.214. The maximum Gasteiger partial charge on any atom is 0.119 e. The Kier molecular flexibility index (Phi) is 4.18. The van der Waals surface area contributed by atoms with Crippen LogP contribution in [0.2, 0.25) is 0 Å². The summed E-state index contributed by atoms with van der Waals surface area (Å²) in [4.78, 5) is 0. The summed E-state index contributed by atoms with van der Waals surface area (Å²) >= 11 is 0. The van der Waals surface area contributed by atoms with Gasteiger partial charge in [-0.3, -0.25) is 0 Å². The van der Waals surface area contributed by atoms with Gasteiger partial charge in [0.25, 0.3) is 0 Å². The Morgan fingerprint density at radius 3 is 2.67 bits per heavy atom. The van der Waals surface area contributed by atoms with Crippen LogP contribution in [0.4, 0.5) is 0 Å². The molecular weight excluding hydrogens is 226 g/mol. The van der Waals surface area contributed by atoms with E-state index in [9.17, 15) is 0 Å². The number of methoxy groups -OCH3 is 2. The van der Waals surface area contributed by atoms with Crippen molar-refractivity contribution in [2.75, 3.05) is 27.4 Å². The molecule has 1 unspecified atom stereocenters. The van der Waals surface area contributed by atoms with Gasteiger partial charge in [-0.15, -0.1) is 0 Å². The van der Waals surface area contributed by atoms with Crippen molar-refractivity contribution in [1.29, 1.82) is 0 Å². The Balaban J connectivity index is 2.54. The highest BCUT2D eigenvalue weighted by Gasteiger charge is 2.13. The number of hydrogen-bond acceptors (Lipinski definition) is 3. The number of rotatable bonds is 5. The molecule has 0 radical (unpaired) electrons. The van der Waals surface area contributed by atoms with Gasteiger partial charge in [0, 0.05) is 19.6 Å². The average molecular weight is 245 g/mol. The van der Waals surface area contributed by atoms with Crippen LogP contribution in [0.1, 0.15) is 11.5 Å². The fourth-order valence-electron chi connectivity index (χ4n) is 2.24. The number of ether oxygens (including phenoxy) is 2. The largest absolute Gasteiger partial charge is 0.497 e. The van der Waals surface area contributed by atoms with Crippen LogP contribution < -0.4 is 10.5 Å². The fraction of sp³-hybridized carbons (Fsp3) is 0.333. The van der Waals surface area contributed by atoms with E-state index < -0.39 is 0 Å². The predicted octanol–water partition coefficient (Wildman–Crippen LogP) is 2.54. The lowest BCUT2D eigenvalue weighted by Crippen LogP contribution is -2.17. The lowest BCUT2D eigenvalue weighted by atomic mass is 9.94. The summed E-state index contributed by atoms with van der Waals surface area (Å²) in [5.74, 6) is 1.08. The molecule has 0 fully saturated rings. The third-order valence-electron chi connectivity index (χ3n) is 3.22. The zero-order valence-electron chi connectivity index (χ0n) is 10.8. The molecule has 0 saturated heterocycles. The summed E-state index contributed by atoms with van der Waals surface area (Å²) in [6, 6.07) is 12.4. The molecule has 0 bridgehead atoms. The van der Waals surface area contributed by atoms with Gasteiger partial charge in [-0.1, -0.05) is 24.3 Å². The second kappa shape index (κ2) is 5.85. The van der Waals surface area contributed by atoms with E-state index in [2.05, 4.69) is 30.3 Å². The molecule has 2 aromatic carbocycles. The third kappa shape index (κ3) is 2.47. The quantitative estimate of drug-likeness (QED) is 0.880. The molecule has 0 amide bonds. The Morgan fingerprint density at radius 1 is 1.17 bits per heavy atom. The van der Waals surface area contributed by atoms with Gasteiger partial charge < -0.3 is 15.2 Å².